The molecule has 1 saturated heterocycles. The molecule has 3 rings (SSSR count). The minimum absolute atomic E-state index is 0.0988. The molecular formula is C18H24FN3O3S. The zero-order valence-corrected chi connectivity index (χ0v) is 16.0. The number of ether oxygens (including phenoxy) is 2. The molecule has 0 aliphatic carbocycles. The van der Waals surface area contributed by atoms with Crippen LogP contribution in [0.15, 0.2) is 23.2 Å². The molecule has 0 bridgehead atoms. The number of rotatable bonds is 1. The predicted molar refractivity (Wildman–Crippen MR) is 101 cm³/mol. The minimum atomic E-state index is -0.896. The summed E-state index contributed by atoms with van der Waals surface area (Å²) >= 11 is 1.44. The van der Waals surface area contributed by atoms with Crippen molar-refractivity contribution in [3.8, 4) is 0 Å². The number of nitrogens with zero attached hydrogens (tertiary/aromatic N) is 1. The number of nitrogen functional groups attached to an aromatic ring is 1. The van der Waals surface area contributed by atoms with Gasteiger partial charge < -0.3 is 15.2 Å². The summed E-state index contributed by atoms with van der Waals surface area (Å²) in [5.74, 6) is 0.426. The molecule has 142 valence electrons. The van der Waals surface area contributed by atoms with Crippen LogP contribution in [0.2, 0.25) is 0 Å². The normalized spacial score (nSPS) is 25.8. The van der Waals surface area contributed by atoms with Crippen LogP contribution in [0.4, 0.5) is 14.9 Å². The Morgan fingerprint density at radius 3 is 3.00 bits per heavy atom. The maximum absolute atomic E-state index is 14.6. The molecule has 26 heavy (non-hydrogen) atoms. The van der Waals surface area contributed by atoms with Gasteiger partial charge in [-0.05, 0) is 45.4 Å². The molecule has 1 unspecified atom stereocenters. The molecule has 3 N–H and O–H groups in total. The number of aliphatic imine (C=N–C) groups is 1. The number of carbonyl (C=O) groups is 1. The first kappa shape index (κ1) is 19.0. The molecule has 0 spiro atoms. The van der Waals surface area contributed by atoms with Crippen molar-refractivity contribution in [1.82, 2.24) is 5.32 Å². The number of alkyl carbamates (subject to hydrolysis) is 1. The Labute approximate surface area is 156 Å². The molecule has 0 saturated carbocycles. The lowest BCUT2D eigenvalue weighted by molar-refractivity contribution is 0.00280. The van der Waals surface area contributed by atoms with E-state index in [1.54, 1.807) is 26.8 Å². The van der Waals surface area contributed by atoms with E-state index in [2.05, 4.69) is 5.32 Å². The number of amides is 1. The standard InChI is InChI=1S/C18H24FN3O3S/c1-17(2,3)25-16(23)21-15-22-18(10-24-7-6-11(18)9-26-15)13-8-12(20)4-5-14(13)19/h4-5,8,11H,6-7,9-10,20H2,1-3H3,(H,21,22,23)/t11-,18?/m0/s1. The van der Waals surface area contributed by atoms with Crippen LogP contribution >= 0.6 is 11.8 Å². The van der Waals surface area contributed by atoms with Crippen molar-refractivity contribution in [3.63, 3.8) is 0 Å². The fourth-order valence-electron chi connectivity index (χ4n) is 3.24. The van der Waals surface area contributed by atoms with Crippen LogP contribution in [0.5, 0.6) is 0 Å². The lowest BCUT2D eigenvalue weighted by atomic mass is 9.76. The third-order valence-corrected chi connectivity index (χ3v) is 5.43. The van der Waals surface area contributed by atoms with Crippen molar-refractivity contribution < 1.29 is 18.7 Å². The number of nitrogens with two attached hydrogens (primary N) is 1. The van der Waals surface area contributed by atoms with Crippen LogP contribution < -0.4 is 11.1 Å². The molecule has 2 heterocycles. The van der Waals surface area contributed by atoms with Gasteiger partial charge in [0.25, 0.3) is 0 Å². The quantitative estimate of drug-likeness (QED) is 0.729. The summed E-state index contributed by atoms with van der Waals surface area (Å²) in [6, 6.07) is 4.49. The summed E-state index contributed by atoms with van der Waals surface area (Å²) in [5.41, 5.74) is 5.25. The van der Waals surface area contributed by atoms with Crippen molar-refractivity contribution in [1.29, 1.82) is 0 Å². The maximum Gasteiger partial charge on any atom is 0.413 e. The second-order valence-electron chi connectivity index (χ2n) is 7.56. The van der Waals surface area contributed by atoms with Gasteiger partial charge >= 0.3 is 6.09 Å². The molecule has 1 aromatic rings. The van der Waals surface area contributed by atoms with Gasteiger partial charge in [0.2, 0.25) is 0 Å². The number of anilines is 1. The van der Waals surface area contributed by atoms with Gasteiger partial charge in [-0.25, -0.2) is 14.2 Å². The highest BCUT2D eigenvalue weighted by Crippen LogP contribution is 2.45. The van der Waals surface area contributed by atoms with E-state index in [4.69, 9.17) is 20.2 Å². The van der Waals surface area contributed by atoms with E-state index in [0.717, 1.165) is 6.42 Å². The average molecular weight is 381 g/mol. The van der Waals surface area contributed by atoms with Crippen molar-refractivity contribution in [2.75, 3.05) is 24.7 Å². The van der Waals surface area contributed by atoms with Gasteiger partial charge in [0.05, 0.1) is 6.61 Å². The van der Waals surface area contributed by atoms with Crippen LogP contribution in [-0.2, 0) is 15.0 Å². The SMILES string of the molecule is CC(C)(C)OC(=O)NC1=NC2(c3cc(N)ccc3F)COCC[C@H]2CS1. The number of nitrogens with one attached hydrogen (secondary N) is 1. The van der Waals surface area contributed by atoms with E-state index in [0.29, 0.717) is 28.8 Å². The molecule has 1 aromatic carbocycles. The van der Waals surface area contributed by atoms with E-state index in [1.807, 2.05) is 0 Å². The largest absolute Gasteiger partial charge is 0.444 e. The molecule has 0 aromatic heterocycles. The first-order valence-electron chi connectivity index (χ1n) is 8.55. The third-order valence-electron chi connectivity index (χ3n) is 4.40. The summed E-state index contributed by atoms with van der Waals surface area (Å²) in [4.78, 5) is 16.8. The Kier molecular flexibility index (Phi) is 5.16. The van der Waals surface area contributed by atoms with E-state index in [1.165, 1.54) is 23.9 Å². The highest BCUT2D eigenvalue weighted by Gasteiger charge is 2.47. The first-order valence-corrected chi connectivity index (χ1v) is 9.54. The summed E-state index contributed by atoms with van der Waals surface area (Å²) in [6.45, 7) is 6.23. The average Bonchev–Trinajstić information content (AvgIpc) is 2.55. The lowest BCUT2D eigenvalue weighted by Crippen LogP contribution is -2.49. The van der Waals surface area contributed by atoms with Gasteiger partial charge in [0, 0.05) is 29.5 Å². The number of thioether (sulfide) groups is 1. The fourth-order valence-corrected chi connectivity index (χ4v) is 4.42. The maximum atomic E-state index is 14.6. The van der Waals surface area contributed by atoms with Crippen LogP contribution in [0, 0.1) is 11.7 Å². The fraction of sp³-hybridized carbons (Fsp3) is 0.556. The Morgan fingerprint density at radius 2 is 2.27 bits per heavy atom. The van der Waals surface area contributed by atoms with Crippen molar-refractivity contribution in [2.45, 2.75) is 38.3 Å². The summed E-state index contributed by atoms with van der Waals surface area (Å²) in [7, 11) is 0. The number of fused-ring (bicyclic) bond motifs is 1. The van der Waals surface area contributed by atoms with Crippen molar-refractivity contribution in [3.05, 3.63) is 29.6 Å². The zero-order valence-electron chi connectivity index (χ0n) is 15.2. The van der Waals surface area contributed by atoms with E-state index in [-0.39, 0.29) is 18.3 Å². The zero-order chi connectivity index (χ0) is 18.9. The van der Waals surface area contributed by atoms with Gasteiger partial charge in [0.1, 0.15) is 17.0 Å². The van der Waals surface area contributed by atoms with Crippen LogP contribution in [0.1, 0.15) is 32.8 Å². The van der Waals surface area contributed by atoms with Crippen LogP contribution in [0.25, 0.3) is 0 Å². The number of carbonyl (C=O) groups excluding carboxylic acids is 1. The smallest absolute Gasteiger partial charge is 0.413 e. The third kappa shape index (κ3) is 3.96. The predicted octanol–water partition coefficient (Wildman–Crippen LogP) is 3.27. The van der Waals surface area contributed by atoms with E-state index >= 15 is 0 Å². The summed E-state index contributed by atoms with van der Waals surface area (Å²) in [6.07, 6.45) is 0.187. The topological polar surface area (TPSA) is 85.9 Å². The van der Waals surface area contributed by atoms with Gasteiger partial charge in [-0.3, -0.25) is 5.32 Å². The first-order chi connectivity index (χ1) is 12.2. The summed E-state index contributed by atoms with van der Waals surface area (Å²) in [5, 5.41) is 3.09. The Balaban J connectivity index is 1.95. The second-order valence-corrected chi connectivity index (χ2v) is 8.57. The molecule has 2 aliphatic rings. The van der Waals surface area contributed by atoms with E-state index in [9.17, 15) is 9.18 Å². The molecule has 1 amide bonds. The molecule has 8 heteroatoms. The van der Waals surface area contributed by atoms with E-state index < -0.39 is 17.2 Å². The van der Waals surface area contributed by atoms with Gasteiger partial charge in [0.15, 0.2) is 5.17 Å². The van der Waals surface area contributed by atoms with Crippen molar-refractivity contribution >= 4 is 28.7 Å². The van der Waals surface area contributed by atoms with Crippen molar-refractivity contribution in [2.24, 2.45) is 10.9 Å². The van der Waals surface area contributed by atoms with Crippen LogP contribution in [-0.4, -0.2) is 35.8 Å². The number of halogens is 1. The highest BCUT2D eigenvalue weighted by atomic mass is 32.2. The number of benzene rings is 1. The van der Waals surface area contributed by atoms with Gasteiger partial charge in [-0.15, -0.1) is 0 Å². The Morgan fingerprint density at radius 1 is 1.50 bits per heavy atom. The summed E-state index contributed by atoms with van der Waals surface area (Å²) < 4.78 is 25.6. The van der Waals surface area contributed by atoms with Gasteiger partial charge in [-0.2, -0.15) is 0 Å². The monoisotopic (exact) mass is 381 g/mol. The Bertz CT molecular complexity index is 735. The Hall–Kier alpha value is -1.80. The second kappa shape index (κ2) is 7.08. The molecule has 2 atom stereocenters. The molecule has 6 nitrogen and oxygen atoms in total. The molecular weight excluding hydrogens is 357 g/mol. The molecule has 0 radical (unpaired) electrons. The molecule has 1 fully saturated rings. The minimum Gasteiger partial charge on any atom is -0.444 e. The lowest BCUT2D eigenvalue weighted by Gasteiger charge is -2.44. The number of hydrogen-bond acceptors (Lipinski definition) is 6. The highest BCUT2D eigenvalue weighted by molar-refractivity contribution is 8.13. The number of amidine groups is 1. The van der Waals surface area contributed by atoms with Crippen LogP contribution in [0.3, 0.4) is 0 Å². The molecule has 2 aliphatic heterocycles. The van der Waals surface area contributed by atoms with Gasteiger partial charge in [-0.1, -0.05) is 11.8 Å². The number of hydrogen-bond donors (Lipinski definition) is 2.